The molecule has 2 rings (SSSR count). The molecule has 70 valence electrons. The summed E-state index contributed by atoms with van der Waals surface area (Å²) in [6.45, 7) is 0. The molecule has 0 aromatic carbocycles. The molecular weight excluding hydrogens is 246 g/mol. The van der Waals surface area contributed by atoms with Crippen LogP contribution in [0.5, 0.6) is 0 Å². The Kier molecular flexibility index (Phi) is 2.41. The van der Waals surface area contributed by atoms with Gasteiger partial charge < -0.3 is 0 Å². The highest BCUT2D eigenvalue weighted by Crippen LogP contribution is 2.04. The van der Waals surface area contributed by atoms with Gasteiger partial charge in [0.05, 0.1) is 5.69 Å². The second-order valence-electron chi connectivity index (χ2n) is 2.61. The summed E-state index contributed by atoms with van der Waals surface area (Å²) in [6.07, 6.45) is 3.23. The summed E-state index contributed by atoms with van der Waals surface area (Å²) in [5, 5.41) is 4.04. The van der Waals surface area contributed by atoms with Crippen molar-refractivity contribution in [3.05, 3.63) is 51.6 Å². The molecule has 2 aromatic heterocycles. The van der Waals surface area contributed by atoms with Crippen molar-refractivity contribution in [3.63, 3.8) is 0 Å². The molecule has 2 aromatic rings. The molecule has 0 fully saturated rings. The molecular formula is C9H6BrN3O. The number of hydrogen-bond donors (Lipinski definition) is 0. The van der Waals surface area contributed by atoms with Crippen molar-refractivity contribution in [2.75, 3.05) is 0 Å². The van der Waals surface area contributed by atoms with Gasteiger partial charge in [-0.3, -0.25) is 9.78 Å². The molecule has 4 nitrogen and oxygen atoms in total. The zero-order valence-electron chi connectivity index (χ0n) is 7.09. The van der Waals surface area contributed by atoms with E-state index in [2.05, 4.69) is 26.0 Å². The SMILES string of the molecule is O=c1ccc(Br)nn1-c1ccncc1. The highest BCUT2D eigenvalue weighted by molar-refractivity contribution is 9.10. The molecule has 0 saturated carbocycles. The molecule has 0 bridgehead atoms. The molecule has 0 amide bonds. The van der Waals surface area contributed by atoms with Crippen LogP contribution in [0.15, 0.2) is 46.1 Å². The third-order valence-electron chi connectivity index (χ3n) is 1.68. The van der Waals surface area contributed by atoms with Crippen LogP contribution in [0.25, 0.3) is 5.69 Å². The van der Waals surface area contributed by atoms with E-state index in [1.54, 1.807) is 30.6 Å². The number of hydrogen-bond acceptors (Lipinski definition) is 3. The monoisotopic (exact) mass is 251 g/mol. The molecule has 0 atom stereocenters. The lowest BCUT2D eigenvalue weighted by molar-refractivity contribution is 0.792. The fourth-order valence-corrected chi connectivity index (χ4v) is 1.35. The topological polar surface area (TPSA) is 47.8 Å². The van der Waals surface area contributed by atoms with E-state index < -0.39 is 0 Å². The summed E-state index contributed by atoms with van der Waals surface area (Å²) in [4.78, 5) is 15.3. The van der Waals surface area contributed by atoms with Crippen LogP contribution >= 0.6 is 15.9 Å². The Bertz CT molecular complexity index is 495. The standard InChI is InChI=1S/C9H6BrN3O/c10-8-1-2-9(14)13(12-8)7-3-5-11-6-4-7/h1-6H. The molecule has 0 aliphatic heterocycles. The largest absolute Gasteiger partial charge is 0.271 e. The number of halogens is 1. The quantitative estimate of drug-likeness (QED) is 0.770. The lowest BCUT2D eigenvalue weighted by Gasteiger charge is -2.02. The van der Waals surface area contributed by atoms with Crippen LogP contribution < -0.4 is 5.56 Å². The third kappa shape index (κ3) is 1.72. The summed E-state index contributed by atoms with van der Waals surface area (Å²) in [7, 11) is 0. The van der Waals surface area contributed by atoms with Crippen molar-refractivity contribution in [2.24, 2.45) is 0 Å². The first-order valence-corrected chi connectivity index (χ1v) is 4.73. The first-order valence-electron chi connectivity index (χ1n) is 3.94. The first-order chi connectivity index (χ1) is 6.77. The Balaban J connectivity index is 2.63. The zero-order valence-corrected chi connectivity index (χ0v) is 8.68. The van der Waals surface area contributed by atoms with E-state index in [-0.39, 0.29) is 5.56 Å². The van der Waals surface area contributed by atoms with Crippen LogP contribution in [0.2, 0.25) is 0 Å². The van der Waals surface area contributed by atoms with Gasteiger partial charge in [-0.1, -0.05) is 0 Å². The van der Waals surface area contributed by atoms with E-state index in [1.165, 1.54) is 10.7 Å². The molecule has 14 heavy (non-hydrogen) atoms. The second kappa shape index (κ2) is 3.71. The third-order valence-corrected chi connectivity index (χ3v) is 2.10. The van der Waals surface area contributed by atoms with E-state index in [4.69, 9.17) is 0 Å². The summed E-state index contributed by atoms with van der Waals surface area (Å²) >= 11 is 3.21. The number of rotatable bonds is 1. The summed E-state index contributed by atoms with van der Waals surface area (Å²) in [5.41, 5.74) is 0.533. The van der Waals surface area contributed by atoms with Gasteiger partial charge in [0.25, 0.3) is 5.56 Å². The van der Waals surface area contributed by atoms with Crippen molar-refractivity contribution in [1.82, 2.24) is 14.8 Å². The molecule has 5 heteroatoms. The lowest BCUT2D eigenvalue weighted by Crippen LogP contribution is -2.19. The van der Waals surface area contributed by atoms with Crippen LogP contribution in [0.4, 0.5) is 0 Å². The lowest BCUT2D eigenvalue weighted by atomic mass is 10.4. The van der Waals surface area contributed by atoms with Gasteiger partial charge in [0.1, 0.15) is 4.60 Å². The molecule has 0 N–H and O–H groups in total. The highest BCUT2D eigenvalue weighted by atomic mass is 79.9. The number of aromatic nitrogens is 3. The van der Waals surface area contributed by atoms with Gasteiger partial charge in [0, 0.05) is 18.5 Å². The number of nitrogens with zero attached hydrogens (tertiary/aromatic N) is 3. The Morgan fingerprint density at radius 1 is 1.14 bits per heavy atom. The van der Waals surface area contributed by atoms with E-state index in [0.29, 0.717) is 10.3 Å². The van der Waals surface area contributed by atoms with Crippen molar-refractivity contribution in [1.29, 1.82) is 0 Å². The Morgan fingerprint density at radius 2 is 1.86 bits per heavy atom. The molecule has 0 saturated heterocycles. The van der Waals surface area contributed by atoms with Crippen molar-refractivity contribution >= 4 is 15.9 Å². The second-order valence-corrected chi connectivity index (χ2v) is 3.42. The summed E-state index contributed by atoms with van der Waals surface area (Å²) in [5.74, 6) is 0. The summed E-state index contributed by atoms with van der Waals surface area (Å²) in [6, 6.07) is 6.51. The Labute approximate surface area is 88.4 Å². The van der Waals surface area contributed by atoms with Crippen molar-refractivity contribution in [3.8, 4) is 5.69 Å². The predicted octanol–water partition coefficient (Wildman–Crippen LogP) is 1.39. The molecule has 0 aliphatic rings. The highest BCUT2D eigenvalue weighted by Gasteiger charge is 2.00. The average molecular weight is 252 g/mol. The van der Waals surface area contributed by atoms with Gasteiger partial charge in [-0.2, -0.15) is 9.78 Å². The van der Waals surface area contributed by atoms with Crippen LogP contribution in [0, 0.1) is 0 Å². The van der Waals surface area contributed by atoms with Crippen molar-refractivity contribution in [2.45, 2.75) is 0 Å². The van der Waals surface area contributed by atoms with Crippen LogP contribution in [-0.2, 0) is 0 Å². The minimum Gasteiger partial charge on any atom is -0.267 e. The fraction of sp³-hybridized carbons (Fsp3) is 0. The van der Waals surface area contributed by atoms with E-state index >= 15 is 0 Å². The Hall–Kier alpha value is -1.49. The normalized spacial score (nSPS) is 10.1. The average Bonchev–Trinajstić information content (AvgIpc) is 2.23. The van der Waals surface area contributed by atoms with E-state index in [1.807, 2.05) is 0 Å². The smallest absolute Gasteiger partial charge is 0.267 e. The molecule has 0 radical (unpaired) electrons. The van der Waals surface area contributed by atoms with Gasteiger partial charge in [0.15, 0.2) is 0 Å². The van der Waals surface area contributed by atoms with Gasteiger partial charge >= 0.3 is 0 Å². The van der Waals surface area contributed by atoms with E-state index in [0.717, 1.165) is 0 Å². The minimum atomic E-state index is -0.167. The van der Waals surface area contributed by atoms with Gasteiger partial charge in [0.2, 0.25) is 0 Å². The van der Waals surface area contributed by atoms with Crippen molar-refractivity contribution < 1.29 is 0 Å². The zero-order chi connectivity index (χ0) is 9.97. The van der Waals surface area contributed by atoms with Gasteiger partial charge in [-0.25, -0.2) is 0 Å². The molecule has 0 spiro atoms. The predicted molar refractivity (Wildman–Crippen MR) is 55.3 cm³/mol. The van der Waals surface area contributed by atoms with Crippen LogP contribution in [0.1, 0.15) is 0 Å². The maximum Gasteiger partial charge on any atom is 0.271 e. The molecule has 0 unspecified atom stereocenters. The molecule has 2 heterocycles. The Morgan fingerprint density at radius 3 is 2.57 bits per heavy atom. The first kappa shape index (κ1) is 9.08. The molecule has 0 aliphatic carbocycles. The summed E-state index contributed by atoms with van der Waals surface area (Å²) < 4.78 is 1.93. The number of pyridine rings is 1. The minimum absolute atomic E-state index is 0.167. The van der Waals surface area contributed by atoms with E-state index in [9.17, 15) is 4.79 Å². The van der Waals surface area contributed by atoms with Gasteiger partial charge in [-0.15, -0.1) is 0 Å². The van der Waals surface area contributed by atoms with Gasteiger partial charge in [-0.05, 0) is 34.1 Å². The van der Waals surface area contributed by atoms with Crippen LogP contribution in [-0.4, -0.2) is 14.8 Å². The fourth-order valence-electron chi connectivity index (χ4n) is 1.06. The maximum atomic E-state index is 11.4. The van der Waals surface area contributed by atoms with Crippen LogP contribution in [0.3, 0.4) is 0 Å². The maximum absolute atomic E-state index is 11.4.